The Bertz CT molecular complexity index is 536. The van der Waals surface area contributed by atoms with Gasteiger partial charge in [-0.05, 0) is 25.7 Å². The van der Waals surface area contributed by atoms with Crippen molar-refractivity contribution in [3.05, 3.63) is 0 Å². The van der Waals surface area contributed by atoms with Crippen LogP contribution in [0.3, 0.4) is 0 Å². The van der Waals surface area contributed by atoms with Crippen LogP contribution in [0, 0.1) is 16.7 Å². The highest BCUT2D eigenvalue weighted by atomic mass is 19.4. The monoisotopic (exact) mass is 345 g/mol. The maximum Gasteiger partial charge on any atom is 0.408 e. The summed E-state index contributed by atoms with van der Waals surface area (Å²) in [5.41, 5.74) is -1.08. The van der Waals surface area contributed by atoms with E-state index in [2.05, 4.69) is 11.4 Å². The second-order valence-electron chi connectivity index (χ2n) is 6.73. The molecule has 0 aromatic carbocycles. The normalized spacial score (nSPS) is 27.2. The zero-order chi connectivity index (χ0) is 18.0. The van der Waals surface area contributed by atoms with Gasteiger partial charge in [-0.15, -0.1) is 0 Å². The van der Waals surface area contributed by atoms with E-state index in [0.29, 0.717) is 12.8 Å². The van der Waals surface area contributed by atoms with E-state index in [1.807, 2.05) is 0 Å². The van der Waals surface area contributed by atoms with E-state index in [1.54, 1.807) is 0 Å². The molecule has 1 aliphatic carbocycles. The van der Waals surface area contributed by atoms with Gasteiger partial charge in [0.25, 0.3) is 0 Å². The van der Waals surface area contributed by atoms with Gasteiger partial charge in [0.15, 0.2) is 0 Å². The number of halogens is 3. The van der Waals surface area contributed by atoms with Crippen molar-refractivity contribution >= 4 is 11.8 Å². The number of likely N-dealkylation sites (tertiary alicyclic amines) is 1. The van der Waals surface area contributed by atoms with Crippen molar-refractivity contribution in [1.82, 2.24) is 10.2 Å². The van der Waals surface area contributed by atoms with Crippen LogP contribution >= 0.6 is 0 Å². The van der Waals surface area contributed by atoms with Crippen LogP contribution < -0.4 is 5.32 Å². The Hall–Kier alpha value is -1.78. The van der Waals surface area contributed by atoms with E-state index in [0.717, 1.165) is 31.1 Å². The van der Waals surface area contributed by atoms with Crippen molar-refractivity contribution in [2.24, 2.45) is 5.41 Å². The van der Waals surface area contributed by atoms with Crippen LogP contribution in [0.4, 0.5) is 13.2 Å². The third-order valence-electron chi connectivity index (χ3n) is 5.06. The lowest BCUT2D eigenvalue weighted by molar-refractivity contribution is -0.196. The topological polar surface area (TPSA) is 73.2 Å². The Morgan fingerprint density at radius 2 is 1.83 bits per heavy atom. The molecule has 2 amide bonds. The van der Waals surface area contributed by atoms with Crippen LogP contribution in [-0.2, 0) is 9.59 Å². The molecule has 24 heavy (non-hydrogen) atoms. The maximum atomic E-state index is 13.0. The second kappa shape index (κ2) is 6.99. The molecule has 1 saturated carbocycles. The zero-order valence-corrected chi connectivity index (χ0v) is 13.7. The molecule has 2 atom stereocenters. The van der Waals surface area contributed by atoms with Gasteiger partial charge in [-0.3, -0.25) is 9.59 Å². The van der Waals surface area contributed by atoms with Gasteiger partial charge < -0.3 is 10.2 Å². The van der Waals surface area contributed by atoms with Gasteiger partial charge in [0.2, 0.25) is 11.8 Å². The Balaban J connectivity index is 2.05. The van der Waals surface area contributed by atoms with Gasteiger partial charge in [0.05, 0.1) is 6.07 Å². The number of rotatable bonds is 2. The fourth-order valence-electron chi connectivity index (χ4n) is 3.65. The minimum Gasteiger partial charge on any atom is -0.350 e. The molecule has 2 fully saturated rings. The summed E-state index contributed by atoms with van der Waals surface area (Å²) in [7, 11) is 0. The zero-order valence-electron chi connectivity index (χ0n) is 13.7. The molecule has 0 aromatic rings. The molecule has 1 heterocycles. The van der Waals surface area contributed by atoms with Crippen LogP contribution in [0.1, 0.15) is 51.9 Å². The number of carbonyl (C=O) groups excluding carboxylic acids is 2. The van der Waals surface area contributed by atoms with E-state index in [9.17, 15) is 28.0 Å². The smallest absolute Gasteiger partial charge is 0.350 e. The van der Waals surface area contributed by atoms with Gasteiger partial charge in [-0.25, -0.2) is 0 Å². The third kappa shape index (κ3) is 3.82. The summed E-state index contributed by atoms with van der Waals surface area (Å²) in [6.45, 7) is 0.924. The Kier molecular flexibility index (Phi) is 5.41. The van der Waals surface area contributed by atoms with Crippen LogP contribution in [0.2, 0.25) is 0 Å². The van der Waals surface area contributed by atoms with Crippen LogP contribution in [0.5, 0.6) is 0 Å². The summed E-state index contributed by atoms with van der Waals surface area (Å²) in [6, 6.07) is -0.251. The average molecular weight is 345 g/mol. The third-order valence-corrected chi connectivity index (χ3v) is 5.06. The van der Waals surface area contributed by atoms with Crippen molar-refractivity contribution in [2.75, 3.05) is 6.54 Å². The standard InChI is InChI=1S/C16H22F3N3O2/c1-11(23)22-9-12(5-6-13(22)16(17,18)19)21-14(24)15(10-20)7-3-2-4-8-15/h12-13H,2-9H2,1H3,(H,21,24). The number of hydrogen-bond donors (Lipinski definition) is 1. The number of nitrogens with one attached hydrogen (secondary N) is 1. The first-order chi connectivity index (χ1) is 11.2. The quantitative estimate of drug-likeness (QED) is 0.836. The lowest BCUT2D eigenvalue weighted by Gasteiger charge is -2.41. The number of amides is 2. The first-order valence-electron chi connectivity index (χ1n) is 8.26. The summed E-state index contributed by atoms with van der Waals surface area (Å²) in [5, 5.41) is 12.1. The van der Waals surface area contributed by atoms with E-state index in [-0.39, 0.29) is 19.4 Å². The second-order valence-corrected chi connectivity index (χ2v) is 6.73. The first-order valence-corrected chi connectivity index (χ1v) is 8.26. The molecule has 0 radical (unpaired) electrons. The highest BCUT2D eigenvalue weighted by Crippen LogP contribution is 2.37. The summed E-state index contributed by atoms with van der Waals surface area (Å²) in [6.07, 6.45) is -1.06. The predicted octanol–water partition coefficient (Wildman–Crippen LogP) is 2.52. The van der Waals surface area contributed by atoms with Crippen molar-refractivity contribution in [3.63, 3.8) is 0 Å². The summed E-state index contributed by atoms with van der Waals surface area (Å²) in [5.74, 6) is -1.08. The minimum atomic E-state index is -4.47. The van der Waals surface area contributed by atoms with Crippen molar-refractivity contribution in [2.45, 2.75) is 70.1 Å². The summed E-state index contributed by atoms with van der Waals surface area (Å²) < 4.78 is 39.1. The number of piperidine rings is 1. The molecule has 1 N–H and O–H groups in total. The van der Waals surface area contributed by atoms with Gasteiger partial charge in [0, 0.05) is 19.5 Å². The van der Waals surface area contributed by atoms with E-state index in [1.165, 1.54) is 0 Å². The molecule has 1 saturated heterocycles. The summed E-state index contributed by atoms with van der Waals surface area (Å²) in [4.78, 5) is 24.9. The van der Waals surface area contributed by atoms with Crippen LogP contribution in [0.15, 0.2) is 0 Å². The molecule has 2 aliphatic rings. The molecule has 0 aromatic heterocycles. The fourth-order valence-corrected chi connectivity index (χ4v) is 3.65. The number of alkyl halides is 3. The first kappa shape index (κ1) is 18.6. The van der Waals surface area contributed by atoms with E-state index < -0.39 is 35.5 Å². The molecule has 2 rings (SSSR count). The van der Waals surface area contributed by atoms with Crippen molar-refractivity contribution in [1.29, 1.82) is 5.26 Å². The van der Waals surface area contributed by atoms with Gasteiger partial charge in [-0.2, -0.15) is 18.4 Å². The Labute approximate surface area is 139 Å². The fraction of sp³-hybridized carbons (Fsp3) is 0.812. The van der Waals surface area contributed by atoms with Crippen molar-refractivity contribution in [3.8, 4) is 6.07 Å². The lowest BCUT2D eigenvalue weighted by atomic mass is 9.74. The average Bonchev–Trinajstić information content (AvgIpc) is 2.54. The molecular formula is C16H22F3N3O2. The number of carbonyl (C=O) groups is 2. The number of nitrogens with zero attached hydrogens (tertiary/aromatic N) is 2. The minimum absolute atomic E-state index is 0.140. The number of nitriles is 1. The largest absolute Gasteiger partial charge is 0.408 e. The molecular weight excluding hydrogens is 323 g/mol. The van der Waals surface area contributed by atoms with Gasteiger partial charge >= 0.3 is 6.18 Å². The summed E-state index contributed by atoms with van der Waals surface area (Å²) >= 11 is 0. The van der Waals surface area contributed by atoms with E-state index in [4.69, 9.17) is 0 Å². The van der Waals surface area contributed by atoms with E-state index >= 15 is 0 Å². The molecule has 2 unspecified atom stereocenters. The van der Waals surface area contributed by atoms with Crippen LogP contribution in [-0.4, -0.2) is 41.5 Å². The molecule has 0 spiro atoms. The van der Waals surface area contributed by atoms with Gasteiger partial charge in [0.1, 0.15) is 11.5 Å². The predicted molar refractivity (Wildman–Crippen MR) is 79.5 cm³/mol. The Morgan fingerprint density at radius 3 is 2.33 bits per heavy atom. The molecule has 5 nitrogen and oxygen atoms in total. The molecule has 8 heteroatoms. The highest BCUT2D eigenvalue weighted by molar-refractivity contribution is 5.86. The molecule has 134 valence electrons. The highest BCUT2D eigenvalue weighted by Gasteiger charge is 2.48. The van der Waals surface area contributed by atoms with Crippen LogP contribution in [0.25, 0.3) is 0 Å². The van der Waals surface area contributed by atoms with Gasteiger partial charge in [-0.1, -0.05) is 19.3 Å². The SMILES string of the molecule is CC(=O)N1CC(NC(=O)C2(C#N)CCCCC2)CCC1C(F)(F)F. The van der Waals surface area contributed by atoms with Crippen molar-refractivity contribution < 1.29 is 22.8 Å². The maximum absolute atomic E-state index is 13.0. The Morgan fingerprint density at radius 1 is 1.21 bits per heavy atom. The molecule has 0 bridgehead atoms. The lowest BCUT2D eigenvalue weighted by Crippen LogP contribution is -2.59. The molecule has 1 aliphatic heterocycles. The number of hydrogen-bond acceptors (Lipinski definition) is 3.